The predicted octanol–water partition coefficient (Wildman–Crippen LogP) is 4.25. The zero-order chi connectivity index (χ0) is 21.0. The fourth-order valence-electron chi connectivity index (χ4n) is 3.71. The summed E-state index contributed by atoms with van der Waals surface area (Å²) in [5.41, 5.74) is 1.35. The first-order chi connectivity index (χ1) is 13.8. The number of esters is 1. The van der Waals surface area contributed by atoms with Gasteiger partial charge in [0.25, 0.3) is 5.91 Å². The molecule has 3 rings (SSSR count). The molecule has 1 amide bonds. The van der Waals surface area contributed by atoms with E-state index < -0.39 is 5.97 Å². The van der Waals surface area contributed by atoms with E-state index in [1.54, 1.807) is 30.3 Å². The average molecular weight is 397 g/mol. The van der Waals surface area contributed by atoms with E-state index in [0.29, 0.717) is 23.2 Å². The van der Waals surface area contributed by atoms with Gasteiger partial charge in [0.2, 0.25) is 5.76 Å². The normalized spacial score (nSPS) is 21.4. The highest BCUT2D eigenvalue weighted by molar-refractivity contribution is 5.94. The molecule has 6 nitrogen and oxygen atoms in total. The molecule has 29 heavy (non-hydrogen) atoms. The Labute approximate surface area is 170 Å². The molecule has 2 aromatic rings. The van der Waals surface area contributed by atoms with Crippen molar-refractivity contribution in [2.24, 2.45) is 11.8 Å². The molecule has 0 bridgehead atoms. The van der Waals surface area contributed by atoms with Crippen molar-refractivity contribution in [2.45, 2.75) is 46.1 Å². The molecule has 1 fully saturated rings. The predicted molar refractivity (Wildman–Crippen MR) is 109 cm³/mol. The minimum absolute atomic E-state index is 0.0179. The minimum atomic E-state index is -0.684. The highest BCUT2D eigenvalue weighted by Gasteiger charge is 2.28. The number of carbonyl (C=O) groups is 3. The highest BCUT2D eigenvalue weighted by Crippen LogP contribution is 2.29. The van der Waals surface area contributed by atoms with Gasteiger partial charge in [-0.25, -0.2) is 4.79 Å². The first-order valence-corrected chi connectivity index (χ1v) is 10.0. The third kappa shape index (κ3) is 5.13. The lowest BCUT2D eigenvalue weighted by atomic mass is 9.78. The smallest absolute Gasteiger partial charge is 0.374 e. The van der Waals surface area contributed by atoms with Gasteiger partial charge in [0.1, 0.15) is 5.76 Å². The van der Waals surface area contributed by atoms with Gasteiger partial charge in [-0.15, -0.1) is 0 Å². The third-order valence-electron chi connectivity index (χ3n) is 5.77. The second kappa shape index (κ2) is 9.07. The molecule has 0 unspecified atom stereocenters. The molecule has 1 aromatic carbocycles. The number of hydrogen-bond donors (Lipinski definition) is 1. The van der Waals surface area contributed by atoms with Gasteiger partial charge in [0, 0.05) is 17.2 Å². The van der Waals surface area contributed by atoms with Crippen molar-refractivity contribution < 1.29 is 23.5 Å². The van der Waals surface area contributed by atoms with E-state index >= 15 is 0 Å². The molecule has 1 heterocycles. The summed E-state index contributed by atoms with van der Waals surface area (Å²) in [6.45, 7) is 5.51. The summed E-state index contributed by atoms with van der Waals surface area (Å²) < 4.78 is 10.7. The molecule has 1 saturated carbocycles. The van der Waals surface area contributed by atoms with Crippen LogP contribution in [-0.4, -0.2) is 30.3 Å². The van der Waals surface area contributed by atoms with Gasteiger partial charge in [0.05, 0.1) is 0 Å². The maximum absolute atomic E-state index is 12.2. The molecule has 0 saturated heterocycles. The molecule has 6 heteroatoms. The Kier molecular flexibility index (Phi) is 6.52. The van der Waals surface area contributed by atoms with Crippen molar-refractivity contribution in [2.75, 3.05) is 6.61 Å². The third-order valence-corrected chi connectivity index (χ3v) is 5.77. The van der Waals surface area contributed by atoms with Crippen LogP contribution < -0.4 is 5.32 Å². The Balaban J connectivity index is 1.53. The Morgan fingerprint density at radius 3 is 2.48 bits per heavy atom. The first-order valence-electron chi connectivity index (χ1n) is 10.0. The number of nitrogens with one attached hydrogen (secondary N) is 1. The number of carbonyl (C=O) groups excluding carboxylic acids is 3. The number of amides is 1. The zero-order valence-corrected chi connectivity index (χ0v) is 17.1. The van der Waals surface area contributed by atoms with Gasteiger partial charge in [-0.05, 0) is 37.3 Å². The fraction of sp³-hybridized carbons (Fsp3) is 0.435. The van der Waals surface area contributed by atoms with E-state index in [2.05, 4.69) is 19.2 Å². The summed E-state index contributed by atoms with van der Waals surface area (Å²) in [5.74, 6) is 0.501. The summed E-state index contributed by atoms with van der Waals surface area (Å²) in [4.78, 5) is 35.7. The van der Waals surface area contributed by atoms with Crippen LogP contribution in [0.2, 0.25) is 0 Å². The molecule has 0 radical (unpaired) electrons. The van der Waals surface area contributed by atoms with Crippen molar-refractivity contribution in [3.8, 4) is 11.3 Å². The number of Topliss-reactive ketones (excluding diaryl/α,β-unsaturated/α-hetero) is 1. The van der Waals surface area contributed by atoms with Gasteiger partial charge in [-0.3, -0.25) is 9.59 Å². The maximum atomic E-state index is 12.2. The van der Waals surface area contributed by atoms with Crippen LogP contribution >= 0.6 is 0 Å². The van der Waals surface area contributed by atoms with E-state index in [0.717, 1.165) is 18.4 Å². The van der Waals surface area contributed by atoms with Crippen LogP contribution in [0.5, 0.6) is 0 Å². The van der Waals surface area contributed by atoms with Crippen LogP contribution in [0.15, 0.2) is 40.8 Å². The van der Waals surface area contributed by atoms with Gasteiger partial charge < -0.3 is 14.5 Å². The van der Waals surface area contributed by atoms with Gasteiger partial charge in [-0.1, -0.05) is 51.0 Å². The number of ether oxygens (including phenoxy) is 1. The molecular formula is C23H27NO5. The van der Waals surface area contributed by atoms with Crippen LogP contribution in [0.1, 0.15) is 60.9 Å². The molecular weight excluding hydrogens is 370 g/mol. The van der Waals surface area contributed by atoms with Crippen LogP contribution in [-0.2, 0) is 9.53 Å². The van der Waals surface area contributed by atoms with Crippen LogP contribution in [0.3, 0.4) is 0 Å². The maximum Gasteiger partial charge on any atom is 0.374 e. The largest absolute Gasteiger partial charge is 0.450 e. The Bertz CT molecular complexity index is 883. The van der Waals surface area contributed by atoms with Gasteiger partial charge >= 0.3 is 5.97 Å². The molecule has 1 aliphatic rings. The summed E-state index contributed by atoms with van der Waals surface area (Å²) in [6.07, 6.45) is 3.23. The lowest BCUT2D eigenvalue weighted by molar-refractivity contribution is -0.125. The summed E-state index contributed by atoms with van der Waals surface area (Å²) in [7, 11) is 0. The topological polar surface area (TPSA) is 85.6 Å². The number of benzene rings is 1. The quantitative estimate of drug-likeness (QED) is 0.582. The zero-order valence-electron chi connectivity index (χ0n) is 17.1. The Morgan fingerprint density at radius 1 is 1.07 bits per heavy atom. The lowest BCUT2D eigenvalue weighted by Gasteiger charge is -2.34. The van der Waals surface area contributed by atoms with Crippen LogP contribution in [0, 0.1) is 11.8 Å². The van der Waals surface area contributed by atoms with E-state index in [9.17, 15) is 14.4 Å². The lowest BCUT2D eigenvalue weighted by Crippen LogP contribution is -2.45. The van der Waals surface area contributed by atoms with Crippen molar-refractivity contribution in [1.29, 1.82) is 0 Å². The second-order valence-electron chi connectivity index (χ2n) is 7.81. The molecule has 1 N–H and O–H groups in total. The monoisotopic (exact) mass is 397 g/mol. The SMILES string of the molecule is CC(=O)c1ccc(-c2ccc(C(=O)OCC(=O)N[C@H]3CCC[C@@H](C)[C@H]3C)o2)cc1. The second-order valence-corrected chi connectivity index (χ2v) is 7.81. The molecule has 1 aromatic heterocycles. The summed E-state index contributed by atoms with van der Waals surface area (Å²) >= 11 is 0. The van der Waals surface area contributed by atoms with E-state index in [-0.39, 0.29) is 30.1 Å². The van der Waals surface area contributed by atoms with Crippen LogP contribution in [0.25, 0.3) is 11.3 Å². The van der Waals surface area contributed by atoms with Crippen LogP contribution in [0.4, 0.5) is 0 Å². The number of hydrogen-bond acceptors (Lipinski definition) is 5. The summed E-state index contributed by atoms with van der Waals surface area (Å²) in [5, 5.41) is 2.98. The van der Waals surface area contributed by atoms with Crippen molar-refractivity contribution in [3.05, 3.63) is 47.7 Å². The molecule has 154 valence electrons. The highest BCUT2D eigenvalue weighted by atomic mass is 16.5. The van der Waals surface area contributed by atoms with Gasteiger partial charge in [-0.2, -0.15) is 0 Å². The summed E-state index contributed by atoms with van der Waals surface area (Å²) in [6, 6.07) is 10.2. The molecule has 0 spiro atoms. The number of furan rings is 1. The standard InChI is InChI=1S/C23H27NO5/c1-14-5-4-6-19(15(14)2)24-22(26)13-28-23(27)21-12-11-20(29-21)18-9-7-17(8-10-18)16(3)25/h7-12,14-15,19H,4-6,13H2,1-3H3,(H,24,26)/t14-,15-,19+/m1/s1. The Morgan fingerprint density at radius 2 is 1.79 bits per heavy atom. The van der Waals surface area contributed by atoms with E-state index in [4.69, 9.17) is 9.15 Å². The Hall–Kier alpha value is -2.89. The van der Waals surface area contributed by atoms with E-state index in [1.165, 1.54) is 19.4 Å². The van der Waals surface area contributed by atoms with Crippen molar-refractivity contribution in [1.82, 2.24) is 5.32 Å². The van der Waals surface area contributed by atoms with Crippen molar-refractivity contribution >= 4 is 17.7 Å². The van der Waals surface area contributed by atoms with Gasteiger partial charge in [0.15, 0.2) is 12.4 Å². The minimum Gasteiger partial charge on any atom is -0.450 e. The fourth-order valence-corrected chi connectivity index (χ4v) is 3.71. The number of ketones is 1. The molecule has 0 aliphatic heterocycles. The van der Waals surface area contributed by atoms with E-state index in [1.807, 2.05) is 0 Å². The van der Waals surface area contributed by atoms with Crippen molar-refractivity contribution in [3.63, 3.8) is 0 Å². The number of rotatable bonds is 6. The molecule has 1 aliphatic carbocycles. The average Bonchev–Trinajstić information content (AvgIpc) is 3.20. The molecule has 3 atom stereocenters. The first kappa shape index (κ1) is 20.8.